The molecule has 40 heavy (non-hydrogen) atoms. The first-order valence-electron chi connectivity index (χ1n) is 12.8. The van der Waals surface area contributed by atoms with E-state index < -0.39 is 0 Å². The van der Waals surface area contributed by atoms with Crippen LogP contribution in [0.25, 0.3) is 0 Å². The van der Waals surface area contributed by atoms with Crippen molar-refractivity contribution < 1.29 is 19.1 Å². The van der Waals surface area contributed by atoms with Gasteiger partial charge in [0.05, 0.1) is 12.4 Å². The minimum Gasteiger partial charge on any atom is -0.489 e. The van der Waals surface area contributed by atoms with Crippen LogP contribution in [-0.4, -0.2) is 24.2 Å². The number of carbonyl (C=O) groups is 2. The van der Waals surface area contributed by atoms with E-state index in [1.165, 1.54) is 12.4 Å². The molecule has 0 saturated carbocycles. The van der Waals surface area contributed by atoms with Crippen LogP contribution in [-0.2, 0) is 22.8 Å². The molecule has 0 aliphatic heterocycles. The number of hydrogen-bond donors (Lipinski definition) is 2. The summed E-state index contributed by atoms with van der Waals surface area (Å²) in [5, 5.41) is 7.94. The molecule has 0 atom stereocenters. The number of nitrogens with one attached hydrogen (secondary N) is 2. The minimum absolute atomic E-state index is 0.0261. The standard InChI is InChI=1S/C32H30N4O4/c37-31(35-33-21-27-13-7-15-29(19-27)39-23-25-9-3-1-4-10-25)17-18-32(38)36-34-22-28-14-8-16-30(20-28)40-24-26-11-5-2-6-12-26/h1-16,19-22H,17-18,23-24H2,(H,35,37)(H,36,38)/b33-21-,34-22+. The van der Waals surface area contributed by atoms with Crippen molar-refractivity contribution in [2.24, 2.45) is 10.2 Å². The van der Waals surface area contributed by atoms with Gasteiger partial charge in [-0.2, -0.15) is 10.2 Å². The van der Waals surface area contributed by atoms with Crippen molar-refractivity contribution in [3.63, 3.8) is 0 Å². The van der Waals surface area contributed by atoms with Gasteiger partial charge in [-0.05, 0) is 46.5 Å². The molecule has 202 valence electrons. The molecule has 0 unspecified atom stereocenters. The van der Waals surface area contributed by atoms with E-state index >= 15 is 0 Å². The van der Waals surface area contributed by atoms with E-state index in [-0.39, 0.29) is 24.7 Å². The third-order valence-corrected chi connectivity index (χ3v) is 5.60. The summed E-state index contributed by atoms with van der Waals surface area (Å²) < 4.78 is 11.6. The van der Waals surface area contributed by atoms with Gasteiger partial charge in [-0.15, -0.1) is 0 Å². The highest BCUT2D eigenvalue weighted by Crippen LogP contribution is 2.15. The molecule has 8 heteroatoms. The zero-order valence-electron chi connectivity index (χ0n) is 21.9. The monoisotopic (exact) mass is 534 g/mol. The lowest BCUT2D eigenvalue weighted by atomic mass is 10.2. The van der Waals surface area contributed by atoms with E-state index in [4.69, 9.17) is 9.47 Å². The van der Waals surface area contributed by atoms with Crippen molar-refractivity contribution in [1.82, 2.24) is 10.9 Å². The maximum Gasteiger partial charge on any atom is 0.240 e. The fourth-order valence-electron chi connectivity index (χ4n) is 3.55. The van der Waals surface area contributed by atoms with Gasteiger partial charge in [0.25, 0.3) is 0 Å². The molecule has 0 saturated heterocycles. The smallest absolute Gasteiger partial charge is 0.240 e. The van der Waals surface area contributed by atoms with Crippen LogP contribution < -0.4 is 20.3 Å². The highest BCUT2D eigenvalue weighted by Gasteiger charge is 2.05. The van der Waals surface area contributed by atoms with E-state index in [1.54, 1.807) is 0 Å². The molecule has 0 aliphatic carbocycles. The topological polar surface area (TPSA) is 101 Å². The van der Waals surface area contributed by atoms with Crippen molar-refractivity contribution in [2.75, 3.05) is 0 Å². The second kappa shape index (κ2) is 15.2. The second-order valence-electron chi connectivity index (χ2n) is 8.78. The van der Waals surface area contributed by atoms with Crippen molar-refractivity contribution in [2.45, 2.75) is 26.1 Å². The number of benzene rings is 4. The lowest BCUT2D eigenvalue weighted by molar-refractivity contribution is -0.126. The van der Waals surface area contributed by atoms with Crippen molar-refractivity contribution in [3.8, 4) is 11.5 Å². The fourth-order valence-corrected chi connectivity index (χ4v) is 3.55. The quantitative estimate of drug-likeness (QED) is 0.181. The molecule has 2 N–H and O–H groups in total. The van der Waals surface area contributed by atoms with Crippen molar-refractivity contribution in [1.29, 1.82) is 0 Å². The van der Waals surface area contributed by atoms with Gasteiger partial charge in [0.1, 0.15) is 24.7 Å². The van der Waals surface area contributed by atoms with Crippen molar-refractivity contribution >= 4 is 24.2 Å². The Morgan fingerprint density at radius 3 is 1.43 bits per heavy atom. The molecular weight excluding hydrogens is 504 g/mol. The average molecular weight is 535 g/mol. The van der Waals surface area contributed by atoms with Crippen LogP contribution in [0.3, 0.4) is 0 Å². The molecule has 0 spiro atoms. The Labute approximate surface area is 233 Å². The van der Waals surface area contributed by atoms with Gasteiger partial charge in [-0.1, -0.05) is 84.9 Å². The molecule has 0 heterocycles. The van der Waals surface area contributed by atoms with Gasteiger partial charge in [0.15, 0.2) is 0 Å². The Hall–Kier alpha value is -5.24. The van der Waals surface area contributed by atoms with Gasteiger partial charge in [0, 0.05) is 12.8 Å². The number of hydrazone groups is 2. The average Bonchev–Trinajstić information content (AvgIpc) is 2.99. The Kier molecular flexibility index (Phi) is 10.6. The van der Waals surface area contributed by atoms with Gasteiger partial charge >= 0.3 is 0 Å². The summed E-state index contributed by atoms with van der Waals surface area (Å²) in [6, 6.07) is 34.5. The summed E-state index contributed by atoms with van der Waals surface area (Å²) in [4.78, 5) is 24.2. The van der Waals surface area contributed by atoms with Crippen LogP contribution in [0.15, 0.2) is 119 Å². The highest BCUT2D eigenvalue weighted by molar-refractivity contribution is 5.86. The molecule has 4 rings (SSSR count). The number of carbonyl (C=O) groups excluding carboxylic acids is 2. The zero-order valence-corrected chi connectivity index (χ0v) is 21.9. The van der Waals surface area contributed by atoms with Gasteiger partial charge in [0.2, 0.25) is 11.8 Å². The molecule has 0 bridgehead atoms. The molecule has 0 fully saturated rings. The van der Waals surface area contributed by atoms with Crippen LogP contribution >= 0.6 is 0 Å². The third-order valence-electron chi connectivity index (χ3n) is 5.60. The zero-order chi connectivity index (χ0) is 27.8. The Bertz CT molecular complexity index is 1330. The van der Waals surface area contributed by atoms with Crippen LogP contribution in [0.4, 0.5) is 0 Å². The molecule has 8 nitrogen and oxygen atoms in total. The summed E-state index contributed by atoms with van der Waals surface area (Å²) in [6.07, 6.45) is 2.99. The summed E-state index contributed by atoms with van der Waals surface area (Å²) in [6.45, 7) is 0.916. The Morgan fingerprint density at radius 2 is 1.00 bits per heavy atom. The normalized spacial score (nSPS) is 10.9. The fraction of sp³-hybridized carbons (Fsp3) is 0.125. The molecule has 0 radical (unpaired) electrons. The van der Waals surface area contributed by atoms with Crippen LogP contribution in [0, 0.1) is 0 Å². The lowest BCUT2D eigenvalue weighted by Crippen LogP contribution is -2.22. The van der Waals surface area contributed by atoms with E-state index in [0.717, 1.165) is 22.3 Å². The Morgan fingerprint density at radius 1 is 0.575 bits per heavy atom. The van der Waals surface area contributed by atoms with Gasteiger partial charge in [-0.3, -0.25) is 9.59 Å². The first-order valence-corrected chi connectivity index (χ1v) is 12.8. The molecule has 4 aromatic rings. The maximum absolute atomic E-state index is 12.1. The number of ether oxygens (including phenoxy) is 2. The lowest BCUT2D eigenvalue weighted by Gasteiger charge is -2.07. The van der Waals surface area contributed by atoms with Crippen LogP contribution in [0.1, 0.15) is 35.1 Å². The summed E-state index contributed by atoms with van der Waals surface area (Å²) in [7, 11) is 0. The minimum atomic E-state index is -0.380. The van der Waals surface area contributed by atoms with Crippen LogP contribution in [0.2, 0.25) is 0 Å². The van der Waals surface area contributed by atoms with E-state index in [2.05, 4.69) is 21.1 Å². The molecule has 4 aromatic carbocycles. The number of nitrogens with zero attached hydrogens (tertiary/aromatic N) is 2. The number of amides is 2. The molecule has 0 aliphatic rings. The maximum atomic E-state index is 12.1. The predicted molar refractivity (Wildman–Crippen MR) is 155 cm³/mol. The molecule has 2 amide bonds. The van der Waals surface area contributed by atoms with E-state index in [1.807, 2.05) is 109 Å². The largest absolute Gasteiger partial charge is 0.489 e. The summed E-state index contributed by atoms with van der Waals surface area (Å²) >= 11 is 0. The number of rotatable bonds is 13. The third kappa shape index (κ3) is 9.90. The molecular formula is C32H30N4O4. The van der Waals surface area contributed by atoms with Gasteiger partial charge < -0.3 is 9.47 Å². The SMILES string of the molecule is O=C(CCC(=O)N/N=C/c1cccc(OCc2ccccc2)c1)N/N=C\c1cccc(OCc2ccccc2)c1. The Balaban J connectivity index is 1.14. The summed E-state index contributed by atoms with van der Waals surface area (Å²) in [5.74, 6) is 0.635. The summed E-state index contributed by atoms with van der Waals surface area (Å²) in [5.41, 5.74) is 8.55. The first kappa shape index (κ1) is 27.8. The van der Waals surface area contributed by atoms with Crippen molar-refractivity contribution in [3.05, 3.63) is 131 Å². The van der Waals surface area contributed by atoms with E-state index in [9.17, 15) is 9.59 Å². The predicted octanol–water partition coefficient (Wildman–Crippen LogP) is 5.23. The second-order valence-corrected chi connectivity index (χ2v) is 8.78. The number of hydrogen-bond acceptors (Lipinski definition) is 6. The first-order chi connectivity index (χ1) is 19.6. The van der Waals surface area contributed by atoms with Crippen LogP contribution in [0.5, 0.6) is 11.5 Å². The highest BCUT2D eigenvalue weighted by atomic mass is 16.5. The molecule has 0 aromatic heterocycles. The van der Waals surface area contributed by atoms with E-state index in [0.29, 0.717) is 24.7 Å². The van der Waals surface area contributed by atoms with Gasteiger partial charge in [-0.25, -0.2) is 10.9 Å².